The van der Waals surface area contributed by atoms with Gasteiger partial charge < -0.3 is 14.8 Å². The molecule has 2 unspecified atom stereocenters. The number of halogens is 1. The van der Waals surface area contributed by atoms with Crippen LogP contribution in [-0.2, 0) is 4.79 Å². The third kappa shape index (κ3) is 3.94. The van der Waals surface area contributed by atoms with E-state index in [9.17, 15) is 4.79 Å². The highest BCUT2D eigenvalue weighted by Gasteiger charge is 2.27. The van der Waals surface area contributed by atoms with Crippen molar-refractivity contribution in [2.24, 2.45) is 0 Å². The molecule has 1 aromatic carbocycles. The largest absolute Gasteiger partial charge is 0.496 e. The van der Waals surface area contributed by atoms with Crippen molar-refractivity contribution in [2.75, 3.05) is 14.2 Å². The molecule has 0 bridgehead atoms. The van der Waals surface area contributed by atoms with Crippen molar-refractivity contribution in [3.63, 3.8) is 0 Å². The third-order valence-corrected chi connectivity index (χ3v) is 5.98. The van der Waals surface area contributed by atoms with Gasteiger partial charge in [-0.1, -0.05) is 0 Å². The number of aromatic nitrogens is 3. The van der Waals surface area contributed by atoms with Crippen LogP contribution in [0.1, 0.15) is 37.8 Å². The first-order chi connectivity index (χ1) is 14.0. The summed E-state index contributed by atoms with van der Waals surface area (Å²) in [6.45, 7) is 1.56. The van der Waals surface area contributed by atoms with Gasteiger partial charge in [-0.2, -0.15) is 0 Å². The van der Waals surface area contributed by atoms with E-state index in [2.05, 4.69) is 21.2 Å². The van der Waals surface area contributed by atoms with Gasteiger partial charge in [0.1, 0.15) is 11.5 Å². The highest BCUT2D eigenvalue weighted by Crippen LogP contribution is 2.38. The fraction of sp³-hybridized carbons (Fsp3) is 0.381. The van der Waals surface area contributed by atoms with Crippen LogP contribution in [0.4, 0.5) is 0 Å². The van der Waals surface area contributed by atoms with Gasteiger partial charge in [0.15, 0.2) is 0 Å². The molecule has 1 aliphatic rings. The van der Waals surface area contributed by atoms with Gasteiger partial charge in [0.25, 0.3) is 0 Å². The zero-order valence-corrected chi connectivity index (χ0v) is 18.2. The maximum absolute atomic E-state index is 11.3. The molecule has 0 radical (unpaired) electrons. The number of benzene rings is 1. The van der Waals surface area contributed by atoms with Gasteiger partial charge in [-0.25, -0.2) is 9.97 Å². The molecule has 2 heterocycles. The molecule has 8 heteroatoms. The molecule has 152 valence electrons. The average molecular weight is 459 g/mol. The fourth-order valence-electron chi connectivity index (χ4n) is 3.97. The van der Waals surface area contributed by atoms with Gasteiger partial charge in [0, 0.05) is 48.6 Å². The number of carbonyl (C=O) groups is 1. The third-order valence-electron chi connectivity index (χ3n) is 5.36. The Balaban J connectivity index is 1.65. The van der Waals surface area contributed by atoms with Crippen molar-refractivity contribution in [3.05, 3.63) is 40.8 Å². The van der Waals surface area contributed by atoms with Crippen LogP contribution in [0.2, 0.25) is 0 Å². The van der Waals surface area contributed by atoms with Crippen molar-refractivity contribution in [3.8, 4) is 22.8 Å². The number of imidazole rings is 1. The van der Waals surface area contributed by atoms with Crippen LogP contribution in [0.5, 0.6) is 11.5 Å². The SMILES string of the molecule is COc1cc(OC)c(-c2cn3ccc(C4CCC(NC(C)=O)C4)nc3n2)cc1Br. The Morgan fingerprint density at radius 1 is 1.21 bits per heavy atom. The highest BCUT2D eigenvalue weighted by atomic mass is 79.9. The summed E-state index contributed by atoms with van der Waals surface area (Å²) >= 11 is 3.53. The van der Waals surface area contributed by atoms with E-state index in [1.807, 2.05) is 35.0 Å². The summed E-state index contributed by atoms with van der Waals surface area (Å²) in [7, 11) is 3.25. The van der Waals surface area contributed by atoms with E-state index in [1.165, 1.54) is 0 Å². The molecule has 0 aliphatic heterocycles. The van der Waals surface area contributed by atoms with Crippen molar-refractivity contribution in [2.45, 2.75) is 38.1 Å². The fourth-order valence-corrected chi connectivity index (χ4v) is 4.48. The summed E-state index contributed by atoms with van der Waals surface area (Å²) in [6.07, 6.45) is 6.84. The predicted octanol–water partition coefficient (Wildman–Crippen LogP) is 3.95. The number of carbonyl (C=O) groups excluding carboxylic acids is 1. The summed E-state index contributed by atoms with van der Waals surface area (Å²) in [5, 5.41) is 3.02. The Morgan fingerprint density at radius 2 is 2.00 bits per heavy atom. The number of fused-ring (bicyclic) bond motifs is 1. The van der Waals surface area contributed by atoms with E-state index in [1.54, 1.807) is 21.1 Å². The van der Waals surface area contributed by atoms with Crippen molar-refractivity contribution in [1.82, 2.24) is 19.7 Å². The topological polar surface area (TPSA) is 77.8 Å². The minimum atomic E-state index is 0.0246. The van der Waals surface area contributed by atoms with E-state index < -0.39 is 0 Å². The Labute approximate surface area is 177 Å². The maximum atomic E-state index is 11.3. The van der Waals surface area contributed by atoms with E-state index >= 15 is 0 Å². The van der Waals surface area contributed by atoms with Gasteiger partial charge in [-0.3, -0.25) is 9.20 Å². The second-order valence-corrected chi connectivity index (χ2v) is 8.13. The Bertz CT molecular complexity index is 1070. The molecule has 2 atom stereocenters. The molecule has 1 aliphatic carbocycles. The zero-order valence-electron chi connectivity index (χ0n) is 16.6. The molecule has 2 aromatic heterocycles. The van der Waals surface area contributed by atoms with Crippen molar-refractivity contribution < 1.29 is 14.3 Å². The molecule has 1 fully saturated rings. The van der Waals surface area contributed by atoms with Crippen molar-refractivity contribution >= 4 is 27.6 Å². The number of rotatable bonds is 5. The maximum Gasteiger partial charge on any atom is 0.234 e. The van der Waals surface area contributed by atoms with Crippen LogP contribution in [-0.4, -0.2) is 40.5 Å². The number of methoxy groups -OCH3 is 2. The van der Waals surface area contributed by atoms with Gasteiger partial charge >= 0.3 is 0 Å². The Hall–Kier alpha value is -2.61. The molecule has 1 amide bonds. The number of hydrogen-bond donors (Lipinski definition) is 1. The van der Waals surface area contributed by atoms with Gasteiger partial charge in [-0.15, -0.1) is 0 Å². The van der Waals surface area contributed by atoms with Crippen LogP contribution in [0, 0.1) is 0 Å². The molecular formula is C21H23BrN4O3. The number of nitrogens with zero attached hydrogens (tertiary/aromatic N) is 3. The lowest BCUT2D eigenvalue weighted by molar-refractivity contribution is -0.119. The molecule has 3 aromatic rings. The van der Waals surface area contributed by atoms with Gasteiger partial charge in [-0.05, 0) is 47.3 Å². The van der Waals surface area contributed by atoms with Crippen LogP contribution >= 0.6 is 15.9 Å². The standard InChI is InChI=1S/C21H23BrN4O3/c1-12(27)23-14-5-4-13(8-14)17-6-7-26-11-18(25-21(26)24-17)15-9-16(22)20(29-3)10-19(15)28-2/h6-7,9-11,13-14H,4-5,8H2,1-3H3,(H,23,27). The van der Waals surface area contributed by atoms with E-state index in [-0.39, 0.29) is 11.9 Å². The number of hydrogen-bond acceptors (Lipinski definition) is 5. The summed E-state index contributed by atoms with van der Waals surface area (Å²) in [4.78, 5) is 20.8. The first kappa shape index (κ1) is 19.7. The lowest BCUT2D eigenvalue weighted by atomic mass is 10.0. The van der Waals surface area contributed by atoms with E-state index in [0.717, 1.165) is 40.7 Å². The summed E-state index contributed by atoms with van der Waals surface area (Å²) in [6, 6.07) is 6.05. The number of nitrogens with one attached hydrogen (secondary N) is 1. The zero-order chi connectivity index (χ0) is 20.5. The molecule has 7 nitrogen and oxygen atoms in total. The smallest absolute Gasteiger partial charge is 0.234 e. The molecule has 1 N–H and O–H groups in total. The van der Waals surface area contributed by atoms with E-state index in [4.69, 9.17) is 19.4 Å². The van der Waals surface area contributed by atoms with Gasteiger partial charge in [0.2, 0.25) is 11.7 Å². The van der Waals surface area contributed by atoms with Crippen LogP contribution in [0.25, 0.3) is 17.0 Å². The normalized spacial score (nSPS) is 18.8. The predicted molar refractivity (Wildman–Crippen MR) is 113 cm³/mol. The Kier molecular flexibility index (Phi) is 5.45. The molecule has 29 heavy (non-hydrogen) atoms. The highest BCUT2D eigenvalue weighted by molar-refractivity contribution is 9.10. The first-order valence-corrected chi connectivity index (χ1v) is 10.3. The van der Waals surface area contributed by atoms with Gasteiger partial charge in [0.05, 0.1) is 24.4 Å². The second kappa shape index (κ2) is 8.02. The van der Waals surface area contributed by atoms with Crippen LogP contribution in [0.15, 0.2) is 35.1 Å². The van der Waals surface area contributed by atoms with Crippen molar-refractivity contribution in [1.29, 1.82) is 0 Å². The lowest BCUT2D eigenvalue weighted by Gasteiger charge is -2.11. The molecule has 4 rings (SSSR count). The van der Waals surface area contributed by atoms with Crippen LogP contribution in [0.3, 0.4) is 0 Å². The molecular weight excluding hydrogens is 436 g/mol. The number of amides is 1. The van der Waals surface area contributed by atoms with Crippen LogP contribution < -0.4 is 14.8 Å². The second-order valence-electron chi connectivity index (χ2n) is 7.28. The minimum Gasteiger partial charge on any atom is -0.496 e. The Morgan fingerprint density at radius 3 is 2.72 bits per heavy atom. The first-order valence-electron chi connectivity index (χ1n) is 9.53. The molecule has 0 spiro atoms. The monoisotopic (exact) mass is 458 g/mol. The summed E-state index contributed by atoms with van der Waals surface area (Å²) < 4.78 is 13.6. The quantitative estimate of drug-likeness (QED) is 0.626. The number of ether oxygens (including phenoxy) is 2. The van der Waals surface area contributed by atoms with E-state index in [0.29, 0.717) is 23.2 Å². The lowest BCUT2D eigenvalue weighted by Crippen LogP contribution is -2.30. The summed E-state index contributed by atoms with van der Waals surface area (Å²) in [5.41, 5.74) is 2.65. The molecule has 0 saturated heterocycles. The summed E-state index contributed by atoms with van der Waals surface area (Å²) in [5.74, 6) is 2.39. The minimum absolute atomic E-state index is 0.0246. The molecule has 1 saturated carbocycles. The average Bonchev–Trinajstić information content (AvgIpc) is 3.33.